The molecule has 2 aliphatic rings. The van der Waals surface area contributed by atoms with Crippen molar-refractivity contribution in [2.24, 2.45) is 0 Å². The number of nitrogens with one attached hydrogen (secondary N) is 2. The average Bonchev–Trinajstić information content (AvgIpc) is 4.07. The maximum atomic E-state index is 14.3. The molecule has 0 fully saturated rings. The predicted octanol–water partition coefficient (Wildman–Crippen LogP) is 11.2. The van der Waals surface area contributed by atoms with Crippen LogP contribution in [0.3, 0.4) is 0 Å². The number of hydrogen-bond acceptors (Lipinski definition) is 8. The fraction of sp³-hybridized carbons (Fsp3) is 0. The molecule has 280 valence electrons. The van der Waals surface area contributed by atoms with Crippen molar-refractivity contribution in [3.63, 3.8) is 0 Å². The van der Waals surface area contributed by atoms with E-state index in [9.17, 15) is 34.7 Å². The molecule has 0 saturated carbocycles. The van der Waals surface area contributed by atoms with Gasteiger partial charge < -0.3 is 9.97 Å². The number of H-pyrrole nitrogens is 2. The maximum absolute atomic E-state index is 14.3. The number of hydrogen-bond donors (Lipinski definition) is 2. The lowest BCUT2D eigenvalue weighted by atomic mass is 10.0. The van der Waals surface area contributed by atoms with E-state index < -0.39 is 20.6 Å². The van der Waals surface area contributed by atoms with Crippen LogP contribution in [0.25, 0.3) is 90.9 Å². The fourth-order valence-corrected chi connectivity index (χ4v) is 7.29. The minimum absolute atomic E-state index is 0.0767. The molecule has 14 heteroatoms. The maximum Gasteiger partial charge on any atom is 0.269 e. The summed E-state index contributed by atoms with van der Waals surface area (Å²) in [4.78, 5) is 50.7. The van der Waals surface area contributed by atoms with E-state index in [1.165, 1.54) is 48.5 Å². The second-order valence-corrected chi connectivity index (χ2v) is 13.4. The van der Waals surface area contributed by atoms with Crippen LogP contribution in [0.1, 0.15) is 22.8 Å². The number of non-ortho nitro benzene ring substituents is 3. The fourth-order valence-electron chi connectivity index (χ4n) is 7.29. The first kappa shape index (κ1) is 35.3. The largest absolute Gasteiger partial charge is 0.354 e. The van der Waals surface area contributed by atoms with Gasteiger partial charge in [-0.25, -0.2) is 14.4 Å². The molecule has 5 heterocycles. The SMILES string of the molecule is O=[N+]([O-])c1ccc(-c2c3nc(c(-c4ccc([N+](=O)[O-])cc4)c4ccc([nH]4)c(-c4ccc([N+](=O)[O-])cc4)c4nc(c(-c5ccc(F)cc5)c5ccc2[nH]5)C=C4)C=C3)cc1. The van der Waals surface area contributed by atoms with Gasteiger partial charge in [0.2, 0.25) is 0 Å². The Morgan fingerprint density at radius 3 is 0.862 bits per heavy atom. The summed E-state index contributed by atoms with van der Waals surface area (Å²) in [5, 5.41) is 34.8. The van der Waals surface area contributed by atoms with E-state index in [1.54, 1.807) is 48.5 Å². The molecule has 0 radical (unpaired) electrons. The highest BCUT2D eigenvalue weighted by Crippen LogP contribution is 2.39. The van der Waals surface area contributed by atoms with Crippen LogP contribution in [0.4, 0.5) is 21.5 Å². The third-order valence-electron chi connectivity index (χ3n) is 9.99. The average molecular weight is 768 g/mol. The van der Waals surface area contributed by atoms with E-state index in [0.29, 0.717) is 89.4 Å². The summed E-state index contributed by atoms with van der Waals surface area (Å²) in [5.74, 6) is -0.408. The van der Waals surface area contributed by atoms with Crippen LogP contribution in [0.5, 0.6) is 0 Å². The number of fused-ring (bicyclic) bond motifs is 8. The molecule has 2 aliphatic heterocycles. The third-order valence-corrected chi connectivity index (χ3v) is 9.99. The Morgan fingerprint density at radius 2 is 0.621 bits per heavy atom. The van der Waals surface area contributed by atoms with Gasteiger partial charge in [0.1, 0.15) is 5.82 Å². The number of benzene rings is 4. The summed E-state index contributed by atoms with van der Waals surface area (Å²) >= 11 is 0. The van der Waals surface area contributed by atoms with Crippen LogP contribution < -0.4 is 0 Å². The molecule has 13 nitrogen and oxygen atoms in total. The highest BCUT2D eigenvalue weighted by atomic mass is 19.1. The summed E-state index contributed by atoms with van der Waals surface area (Å²) < 4.78 is 14.3. The van der Waals surface area contributed by atoms with Crippen LogP contribution >= 0.6 is 0 Å². The lowest BCUT2D eigenvalue weighted by Crippen LogP contribution is -1.91. The quantitative estimate of drug-likeness (QED) is 0.118. The first-order valence-corrected chi connectivity index (χ1v) is 17.8. The van der Waals surface area contributed by atoms with Gasteiger partial charge in [0.15, 0.2) is 0 Å². The summed E-state index contributed by atoms with van der Waals surface area (Å²) in [7, 11) is 0. The van der Waals surface area contributed by atoms with Gasteiger partial charge in [-0.05, 0) is 119 Å². The van der Waals surface area contributed by atoms with Gasteiger partial charge in [-0.3, -0.25) is 30.3 Å². The van der Waals surface area contributed by atoms with Gasteiger partial charge in [-0.15, -0.1) is 0 Å². The predicted molar refractivity (Wildman–Crippen MR) is 221 cm³/mol. The Hall–Kier alpha value is -8.39. The molecule has 9 rings (SSSR count). The Kier molecular flexibility index (Phi) is 8.55. The standard InChI is InChI=1S/C44H26FN7O6/c45-29-9-1-25(2-10-29)41-33-17-19-35(46-33)42(26-3-11-30(12-4-26)50(53)54)37-21-23-39(48-37)44(28-7-15-32(16-8-28)52(57)58)40-24-22-38(49-40)43(36-20-18-34(41)47-36)27-5-13-31(14-6-27)51(55)56/h1-24,46,49H. The van der Waals surface area contributed by atoms with Crippen molar-refractivity contribution in [3.05, 3.63) is 180 Å². The van der Waals surface area contributed by atoms with Crippen molar-refractivity contribution < 1.29 is 19.2 Å². The molecule has 0 spiro atoms. The number of halogens is 1. The van der Waals surface area contributed by atoms with Gasteiger partial charge in [0, 0.05) is 80.7 Å². The van der Waals surface area contributed by atoms with Crippen LogP contribution in [-0.2, 0) is 0 Å². The van der Waals surface area contributed by atoms with Gasteiger partial charge in [0.05, 0.1) is 37.5 Å². The molecule has 2 N–H and O–H groups in total. The van der Waals surface area contributed by atoms with Crippen molar-refractivity contribution in [3.8, 4) is 44.5 Å². The number of aromatic amines is 2. The van der Waals surface area contributed by atoms with Crippen molar-refractivity contribution in [1.82, 2.24) is 19.9 Å². The molecule has 0 unspecified atom stereocenters. The minimum Gasteiger partial charge on any atom is -0.354 e. The summed E-state index contributed by atoms with van der Waals surface area (Å²) in [6.45, 7) is 0. The lowest BCUT2D eigenvalue weighted by molar-refractivity contribution is -0.385. The molecule has 8 bridgehead atoms. The zero-order valence-corrected chi connectivity index (χ0v) is 29.9. The Balaban J connectivity index is 1.44. The van der Waals surface area contributed by atoms with E-state index in [0.717, 1.165) is 0 Å². The van der Waals surface area contributed by atoms with E-state index in [2.05, 4.69) is 9.97 Å². The second kappa shape index (κ2) is 14.0. The molecule has 3 aromatic heterocycles. The number of rotatable bonds is 7. The Morgan fingerprint density at radius 1 is 0.379 bits per heavy atom. The third kappa shape index (κ3) is 6.35. The van der Waals surface area contributed by atoms with E-state index >= 15 is 0 Å². The van der Waals surface area contributed by atoms with Gasteiger partial charge in [0.25, 0.3) is 17.1 Å². The van der Waals surface area contributed by atoms with Gasteiger partial charge >= 0.3 is 0 Å². The van der Waals surface area contributed by atoms with Crippen molar-refractivity contribution in [2.75, 3.05) is 0 Å². The molecular formula is C44H26FN7O6. The van der Waals surface area contributed by atoms with Crippen molar-refractivity contribution in [1.29, 1.82) is 0 Å². The Bertz CT molecular complexity index is 3020. The summed E-state index contributed by atoms with van der Waals surface area (Å²) in [6.07, 6.45) is 7.37. The molecule has 0 amide bonds. The molecule has 58 heavy (non-hydrogen) atoms. The number of nitro groups is 3. The first-order chi connectivity index (χ1) is 28.1. The first-order valence-electron chi connectivity index (χ1n) is 17.8. The number of aromatic nitrogens is 4. The van der Waals surface area contributed by atoms with Crippen LogP contribution in [0.2, 0.25) is 0 Å². The Labute approximate surface area is 326 Å². The van der Waals surface area contributed by atoms with Crippen molar-refractivity contribution in [2.45, 2.75) is 0 Å². The lowest BCUT2D eigenvalue weighted by Gasteiger charge is -2.07. The highest BCUT2D eigenvalue weighted by Gasteiger charge is 2.20. The zero-order valence-electron chi connectivity index (χ0n) is 29.9. The minimum atomic E-state index is -0.472. The molecule has 0 saturated heterocycles. The van der Waals surface area contributed by atoms with E-state index in [4.69, 9.17) is 9.97 Å². The molecule has 7 aromatic rings. The normalized spacial score (nSPS) is 11.8. The van der Waals surface area contributed by atoms with Gasteiger partial charge in [-0.2, -0.15) is 0 Å². The molecule has 0 atom stereocenters. The molecule has 0 aliphatic carbocycles. The second-order valence-electron chi connectivity index (χ2n) is 13.4. The number of nitro benzene ring substituents is 3. The van der Waals surface area contributed by atoms with Crippen LogP contribution in [0.15, 0.2) is 121 Å². The zero-order chi connectivity index (χ0) is 40.1. The highest BCUT2D eigenvalue weighted by molar-refractivity contribution is 6.00. The monoisotopic (exact) mass is 767 g/mol. The summed E-state index contributed by atoms with van der Waals surface area (Å²) in [6, 6.07) is 32.0. The van der Waals surface area contributed by atoms with Crippen molar-refractivity contribution >= 4 is 63.4 Å². The van der Waals surface area contributed by atoms with E-state index in [-0.39, 0.29) is 17.1 Å². The summed E-state index contributed by atoms with van der Waals surface area (Å²) in [5.41, 5.74) is 9.57. The smallest absolute Gasteiger partial charge is 0.269 e. The van der Waals surface area contributed by atoms with Crippen LogP contribution in [0, 0.1) is 36.2 Å². The topological polar surface area (TPSA) is 187 Å². The molecular weight excluding hydrogens is 742 g/mol. The van der Waals surface area contributed by atoms with Gasteiger partial charge in [-0.1, -0.05) is 12.1 Å². The van der Waals surface area contributed by atoms with Crippen LogP contribution in [-0.4, -0.2) is 34.7 Å². The van der Waals surface area contributed by atoms with E-state index in [1.807, 2.05) is 48.6 Å². The molecule has 4 aromatic carbocycles. The number of nitrogens with zero attached hydrogens (tertiary/aromatic N) is 5.